The number of rotatable bonds is 6. The molecule has 0 rings (SSSR count). The van der Waals surface area contributed by atoms with Crippen molar-refractivity contribution in [1.29, 1.82) is 0 Å². The Hall–Kier alpha value is -3.22. The number of carbonyl (C=O) groups excluding carboxylic acids is 6. The molecule has 0 aromatic heterocycles. The summed E-state index contributed by atoms with van der Waals surface area (Å²) in [5, 5.41) is 3.66. The van der Waals surface area contributed by atoms with Crippen LogP contribution in [0, 0.1) is 0 Å². The zero-order valence-corrected chi connectivity index (χ0v) is 14.8. The molecule has 0 fully saturated rings. The van der Waals surface area contributed by atoms with E-state index in [1.54, 1.807) is 0 Å². The van der Waals surface area contributed by atoms with E-state index in [1.807, 2.05) is 0 Å². The topological polar surface area (TPSA) is 167 Å². The molecule has 0 radical (unpaired) electrons. The maximum atomic E-state index is 10.8. The SMILES string of the molecule is CC(=O)OC(OC(C)=O)(OC(C)=O)OC(C)=O.CC(=O)OOOC(C)=O. The average molecular weight is 382 g/mol. The summed E-state index contributed by atoms with van der Waals surface area (Å²) >= 11 is 0. The summed E-state index contributed by atoms with van der Waals surface area (Å²) in [6, 6.07) is 0. The fourth-order valence-corrected chi connectivity index (χ4v) is 0.942. The molecule has 0 saturated heterocycles. The van der Waals surface area contributed by atoms with Crippen molar-refractivity contribution in [3.63, 3.8) is 0 Å². The number of hydrogen-bond acceptors (Lipinski definition) is 13. The fourth-order valence-electron chi connectivity index (χ4n) is 0.942. The lowest BCUT2D eigenvalue weighted by atomic mass is 10.7. The highest BCUT2D eigenvalue weighted by atomic mass is 17.5. The van der Waals surface area contributed by atoms with Crippen LogP contribution in [0.5, 0.6) is 0 Å². The number of hydrogen-bond donors (Lipinski definition) is 0. The van der Waals surface area contributed by atoms with E-state index >= 15 is 0 Å². The van der Waals surface area contributed by atoms with Gasteiger partial charge in [0.2, 0.25) is 0 Å². The lowest BCUT2D eigenvalue weighted by Gasteiger charge is -2.26. The molecule has 0 unspecified atom stereocenters. The molecule has 0 heterocycles. The second-order valence-electron chi connectivity index (χ2n) is 4.09. The molecule has 0 aromatic carbocycles. The number of carbonyl (C=O) groups is 6. The minimum Gasteiger partial charge on any atom is -0.353 e. The van der Waals surface area contributed by atoms with Crippen LogP contribution in [0.1, 0.15) is 41.5 Å². The molecular formula is C13H18O13. The van der Waals surface area contributed by atoms with Crippen LogP contribution >= 0.6 is 0 Å². The van der Waals surface area contributed by atoms with Crippen LogP contribution < -0.4 is 0 Å². The van der Waals surface area contributed by atoms with E-state index < -0.39 is 42.0 Å². The first-order chi connectivity index (χ1) is 11.8. The molecule has 0 atom stereocenters. The van der Waals surface area contributed by atoms with Crippen LogP contribution in [-0.4, -0.2) is 42.0 Å². The summed E-state index contributed by atoms with van der Waals surface area (Å²) in [5.41, 5.74) is 0. The minimum absolute atomic E-state index is 0.684. The summed E-state index contributed by atoms with van der Waals surface area (Å²) in [6.45, 7) is 6.03. The van der Waals surface area contributed by atoms with E-state index in [0.717, 1.165) is 41.5 Å². The molecule has 0 aliphatic heterocycles. The Bertz CT molecular complexity index is 467. The molecule has 0 aliphatic carbocycles. The van der Waals surface area contributed by atoms with E-state index in [1.165, 1.54) is 0 Å². The molecule has 0 aliphatic rings. The molecule has 148 valence electrons. The summed E-state index contributed by atoms with van der Waals surface area (Å²) in [5.74, 6) is -5.28. The second kappa shape index (κ2) is 12.2. The van der Waals surface area contributed by atoms with E-state index in [9.17, 15) is 28.8 Å². The van der Waals surface area contributed by atoms with Crippen molar-refractivity contribution in [2.45, 2.75) is 47.7 Å². The summed E-state index contributed by atoms with van der Waals surface area (Å²) in [7, 11) is 0. The quantitative estimate of drug-likeness (QED) is 0.257. The molecule has 0 N–H and O–H groups in total. The molecule has 0 saturated carbocycles. The Morgan fingerprint density at radius 1 is 0.462 bits per heavy atom. The Kier molecular flexibility index (Phi) is 11.7. The molecule has 0 amide bonds. The van der Waals surface area contributed by atoms with Gasteiger partial charge in [0.25, 0.3) is 0 Å². The van der Waals surface area contributed by atoms with Crippen molar-refractivity contribution in [2.24, 2.45) is 0 Å². The van der Waals surface area contributed by atoms with Crippen molar-refractivity contribution in [2.75, 3.05) is 0 Å². The largest absolute Gasteiger partial charge is 0.619 e. The zero-order chi connectivity index (χ0) is 20.9. The van der Waals surface area contributed by atoms with E-state index in [0.29, 0.717) is 0 Å². The average Bonchev–Trinajstić information content (AvgIpc) is 2.33. The lowest BCUT2D eigenvalue weighted by molar-refractivity contribution is -0.458. The third-order valence-corrected chi connectivity index (χ3v) is 1.38. The number of ether oxygens (including phenoxy) is 4. The highest BCUT2D eigenvalue weighted by Gasteiger charge is 2.47. The third kappa shape index (κ3) is 15.7. The van der Waals surface area contributed by atoms with Gasteiger partial charge in [-0.1, -0.05) is 0 Å². The predicted molar refractivity (Wildman–Crippen MR) is 74.4 cm³/mol. The smallest absolute Gasteiger partial charge is 0.353 e. The van der Waals surface area contributed by atoms with Crippen LogP contribution in [0.4, 0.5) is 0 Å². The third-order valence-electron chi connectivity index (χ3n) is 1.38. The molecular weight excluding hydrogens is 364 g/mol. The summed E-state index contributed by atoms with van der Waals surface area (Å²) in [6.07, 6.45) is -2.81. The van der Waals surface area contributed by atoms with E-state index in [-0.39, 0.29) is 0 Å². The van der Waals surface area contributed by atoms with Gasteiger partial charge in [-0.25, -0.2) is 9.59 Å². The molecule has 13 heteroatoms. The van der Waals surface area contributed by atoms with Crippen molar-refractivity contribution < 1.29 is 62.5 Å². The van der Waals surface area contributed by atoms with Crippen LogP contribution in [-0.2, 0) is 62.5 Å². The molecule has 13 nitrogen and oxygen atoms in total. The Morgan fingerprint density at radius 2 is 0.692 bits per heavy atom. The maximum Gasteiger partial charge on any atom is 0.619 e. The monoisotopic (exact) mass is 382 g/mol. The van der Waals surface area contributed by atoms with Crippen LogP contribution in [0.3, 0.4) is 0 Å². The normalized spacial score (nSPS) is 9.46. The number of esters is 4. The standard InChI is InChI=1S/C9H12O8.C4H6O5/c1-5(10)14-9(15-6(2)11,16-7(3)12)17-8(4)13;1-3(5)7-9-8-4(2)6/h1-4H3;1-2H3. The first-order valence-corrected chi connectivity index (χ1v) is 6.60. The summed E-state index contributed by atoms with van der Waals surface area (Å²) in [4.78, 5) is 70.5. The zero-order valence-electron chi connectivity index (χ0n) is 14.8. The Morgan fingerprint density at radius 3 is 0.846 bits per heavy atom. The molecule has 26 heavy (non-hydrogen) atoms. The minimum atomic E-state index is -2.81. The van der Waals surface area contributed by atoms with Crippen LogP contribution in [0.25, 0.3) is 0 Å². The van der Waals surface area contributed by atoms with Crippen molar-refractivity contribution >= 4 is 35.8 Å². The van der Waals surface area contributed by atoms with Gasteiger partial charge in [0, 0.05) is 46.6 Å². The fraction of sp³-hybridized carbons (Fsp3) is 0.538. The first-order valence-electron chi connectivity index (χ1n) is 6.60. The van der Waals surface area contributed by atoms with Crippen LogP contribution in [0.2, 0.25) is 0 Å². The van der Waals surface area contributed by atoms with E-state index in [2.05, 4.69) is 33.8 Å². The van der Waals surface area contributed by atoms with Gasteiger partial charge < -0.3 is 18.9 Å². The Labute approximate surface area is 147 Å². The highest BCUT2D eigenvalue weighted by molar-refractivity contribution is 5.72. The predicted octanol–water partition coefficient (Wildman–Crippen LogP) is -0.191. The van der Waals surface area contributed by atoms with Crippen LogP contribution in [0.15, 0.2) is 0 Å². The summed E-state index contributed by atoms with van der Waals surface area (Å²) < 4.78 is 17.6. The van der Waals surface area contributed by atoms with Gasteiger partial charge in [-0.3, -0.25) is 29.0 Å². The lowest BCUT2D eigenvalue weighted by Crippen LogP contribution is -2.46. The molecule has 0 aromatic rings. The van der Waals surface area contributed by atoms with Crippen molar-refractivity contribution in [1.82, 2.24) is 0 Å². The van der Waals surface area contributed by atoms with Gasteiger partial charge in [0.05, 0.1) is 0 Å². The van der Waals surface area contributed by atoms with Gasteiger partial charge >= 0.3 is 42.0 Å². The van der Waals surface area contributed by atoms with Crippen molar-refractivity contribution in [3.8, 4) is 0 Å². The maximum absolute atomic E-state index is 10.8. The van der Waals surface area contributed by atoms with Crippen molar-refractivity contribution in [3.05, 3.63) is 0 Å². The molecule has 0 bridgehead atoms. The van der Waals surface area contributed by atoms with Gasteiger partial charge in [-0.05, 0) is 0 Å². The van der Waals surface area contributed by atoms with E-state index in [4.69, 9.17) is 0 Å². The van der Waals surface area contributed by atoms with Gasteiger partial charge in [-0.2, -0.15) is 0 Å². The van der Waals surface area contributed by atoms with Gasteiger partial charge in [0.15, 0.2) is 0 Å². The Balaban J connectivity index is 0. The second-order valence-corrected chi connectivity index (χ2v) is 4.09. The van der Waals surface area contributed by atoms with Gasteiger partial charge in [0.1, 0.15) is 0 Å². The first kappa shape index (κ1) is 25.0. The highest BCUT2D eigenvalue weighted by Crippen LogP contribution is 2.19. The molecule has 0 spiro atoms. The van der Waals surface area contributed by atoms with Gasteiger partial charge in [-0.15, -0.1) is 0 Å².